The third kappa shape index (κ3) is 5.88. The van der Waals surface area contributed by atoms with Gasteiger partial charge in [0.2, 0.25) is 0 Å². The van der Waals surface area contributed by atoms with Crippen LogP contribution in [0.3, 0.4) is 0 Å². The molecule has 6 nitrogen and oxygen atoms in total. The van der Waals surface area contributed by atoms with Crippen molar-refractivity contribution in [3.63, 3.8) is 0 Å². The molecule has 1 aliphatic carbocycles. The first-order chi connectivity index (χ1) is 19.0. The number of amides is 1. The molecule has 0 saturated heterocycles. The smallest absolute Gasteiger partial charge is 0.272 e. The molecule has 0 aliphatic heterocycles. The van der Waals surface area contributed by atoms with Crippen molar-refractivity contribution in [2.75, 3.05) is 13.7 Å². The Bertz CT molecular complexity index is 1500. The van der Waals surface area contributed by atoms with Gasteiger partial charge in [0.15, 0.2) is 5.69 Å². The number of nitrogens with zero attached hydrogens (tertiary/aromatic N) is 2. The average molecular weight is 562 g/mol. The second-order valence-corrected chi connectivity index (χ2v) is 10.3. The number of allylic oxidation sites excluding steroid dienone is 1. The van der Waals surface area contributed by atoms with Crippen LogP contribution in [0.1, 0.15) is 58.2 Å². The summed E-state index contributed by atoms with van der Waals surface area (Å²) < 4.78 is 7.08. The number of hydrogen-bond donors (Lipinski definition) is 2. The Labute approximate surface area is 237 Å². The van der Waals surface area contributed by atoms with Gasteiger partial charge >= 0.3 is 0 Å². The SMILES string of the molecule is COc1ccc(C=C2CCCCc3c(C(=O)N[C@H](CO)c4ccccc4)nn(-c4ccc(Cl)cc4Cl)c32)cc1. The lowest BCUT2D eigenvalue weighted by atomic mass is 10.0. The largest absolute Gasteiger partial charge is 0.497 e. The maximum absolute atomic E-state index is 13.7. The van der Waals surface area contributed by atoms with Gasteiger partial charge in [0.05, 0.1) is 36.2 Å². The van der Waals surface area contributed by atoms with Crippen LogP contribution in [-0.2, 0) is 6.42 Å². The van der Waals surface area contributed by atoms with Crippen LogP contribution < -0.4 is 10.1 Å². The van der Waals surface area contributed by atoms with Crippen LogP contribution in [0.4, 0.5) is 0 Å². The number of benzene rings is 3. The molecule has 39 heavy (non-hydrogen) atoms. The number of aromatic nitrogens is 2. The van der Waals surface area contributed by atoms with Gasteiger partial charge in [-0.25, -0.2) is 4.68 Å². The Morgan fingerprint density at radius 1 is 1.08 bits per heavy atom. The van der Waals surface area contributed by atoms with Gasteiger partial charge in [-0.1, -0.05) is 65.7 Å². The summed E-state index contributed by atoms with van der Waals surface area (Å²) in [6.07, 6.45) is 5.52. The summed E-state index contributed by atoms with van der Waals surface area (Å²) in [5, 5.41) is 18.8. The molecule has 8 heteroatoms. The first kappa shape index (κ1) is 27.0. The lowest BCUT2D eigenvalue weighted by Gasteiger charge is -2.16. The van der Waals surface area contributed by atoms with E-state index in [4.69, 9.17) is 33.0 Å². The van der Waals surface area contributed by atoms with E-state index in [9.17, 15) is 9.90 Å². The number of rotatable bonds is 7. The average Bonchev–Trinajstić information content (AvgIpc) is 3.21. The molecular weight excluding hydrogens is 533 g/mol. The zero-order valence-corrected chi connectivity index (χ0v) is 23.0. The normalized spacial score (nSPS) is 14.9. The molecule has 0 bridgehead atoms. The van der Waals surface area contributed by atoms with Crippen LogP contribution in [0.15, 0.2) is 72.8 Å². The van der Waals surface area contributed by atoms with E-state index < -0.39 is 6.04 Å². The molecule has 1 amide bonds. The number of fused-ring (bicyclic) bond motifs is 1. The van der Waals surface area contributed by atoms with Gasteiger partial charge in [0.1, 0.15) is 5.75 Å². The Balaban J connectivity index is 1.63. The van der Waals surface area contributed by atoms with Crippen LogP contribution in [0, 0.1) is 0 Å². The molecule has 0 saturated carbocycles. The molecule has 4 aromatic rings. The monoisotopic (exact) mass is 561 g/mol. The van der Waals surface area contributed by atoms with Crippen molar-refractivity contribution in [2.24, 2.45) is 0 Å². The quantitative estimate of drug-likeness (QED) is 0.240. The highest BCUT2D eigenvalue weighted by molar-refractivity contribution is 6.35. The highest BCUT2D eigenvalue weighted by Gasteiger charge is 2.29. The minimum Gasteiger partial charge on any atom is -0.497 e. The third-order valence-corrected chi connectivity index (χ3v) is 7.45. The zero-order chi connectivity index (χ0) is 27.4. The van der Waals surface area contributed by atoms with Gasteiger partial charge in [-0.15, -0.1) is 0 Å². The van der Waals surface area contributed by atoms with Crippen molar-refractivity contribution < 1.29 is 14.6 Å². The third-order valence-electron chi connectivity index (χ3n) is 6.91. The Morgan fingerprint density at radius 3 is 2.51 bits per heavy atom. The first-order valence-corrected chi connectivity index (χ1v) is 13.6. The van der Waals surface area contributed by atoms with Crippen LogP contribution in [0.25, 0.3) is 17.3 Å². The van der Waals surface area contributed by atoms with E-state index in [0.29, 0.717) is 27.8 Å². The summed E-state index contributed by atoms with van der Waals surface area (Å²) >= 11 is 12.9. The van der Waals surface area contributed by atoms with Gasteiger partial charge in [-0.05, 0) is 78.8 Å². The van der Waals surface area contributed by atoms with Crippen molar-refractivity contribution in [2.45, 2.75) is 31.7 Å². The predicted octanol–water partition coefficient (Wildman–Crippen LogP) is 6.92. The topological polar surface area (TPSA) is 76.4 Å². The first-order valence-electron chi connectivity index (χ1n) is 12.9. The maximum atomic E-state index is 13.7. The van der Waals surface area contributed by atoms with Crippen molar-refractivity contribution in [1.82, 2.24) is 15.1 Å². The molecule has 200 valence electrons. The number of aliphatic hydroxyl groups is 1. The van der Waals surface area contributed by atoms with Gasteiger partial charge in [0.25, 0.3) is 5.91 Å². The molecule has 0 fully saturated rings. The second kappa shape index (κ2) is 12.1. The van der Waals surface area contributed by atoms with Crippen molar-refractivity contribution in [1.29, 1.82) is 0 Å². The van der Waals surface area contributed by atoms with Gasteiger partial charge in [0, 0.05) is 10.6 Å². The standard InChI is InChI=1S/C31H29Cl2N3O3/c1-39-24-14-11-20(12-15-24)17-22-9-5-6-10-25-29(31(38)34-27(19-37)21-7-3-2-4-8-21)35-36(30(22)25)28-16-13-23(32)18-26(28)33/h2-4,7-8,11-18,27,37H,5-6,9-10,19H2,1H3,(H,34,38)/t27-/m1/s1. The molecule has 1 atom stereocenters. The highest BCUT2D eigenvalue weighted by Crippen LogP contribution is 2.37. The van der Waals surface area contributed by atoms with E-state index in [-0.39, 0.29) is 12.5 Å². The van der Waals surface area contributed by atoms with Crippen molar-refractivity contribution in [3.05, 3.63) is 111 Å². The second-order valence-electron chi connectivity index (χ2n) is 9.45. The number of nitrogens with one attached hydrogen (secondary N) is 1. The summed E-state index contributed by atoms with van der Waals surface area (Å²) in [5.74, 6) is 0.441. The van der Waals surface area contributed by atoms with E-state index in [1.165, 1.54) is 0 Å². The van der Waals surface area contributed by atoms with Crippen LogP contribution in [-0.4, -0.2) is 34.5 Å². The van der Waals surface area contributed by atoms with Crippen LogP contribution in [0.2, 0.25) is 10.0 Å². The minimum absolute atomic E-state index is 0.232. The van der Waals surface area contributed by atoms with E-state index in [1.807, 2.05) is 60.7 Å². The molecule has 0 radical (unpaired) electrons. The molecule has 0 spiro atoms. The Hall–Kier alpha value is -3.58. The zero-order valence-electron chi connectivity index (χ0n) is 21.5. The number of carbonyl (C=O) groups excluding carboxylic acids is 1. The maximum Gasteiger partial charge on any atom is 0.272 e. The van der Waals surface area contributed by atoms with Crippen molar-refractivity contribution >= 4 is 40.8 Å². The summed E-state index contributed by atoms with van der Waals surface area (Å²) in [4.78, 5) is 13.7. The summed E-state index contributed by atoms with van der Waals surface area (Å²) in [6.45, 7) is -0.232. The molecule has 0 unspecified atom stereocenters. The number of aliphatic hydroxyl groups excluding tert-OH is 1. The number of ether oxygens (including phenoxy) is 1. The Kier molecular flexibility index (Phi) is 8.36. The fourth-order valence-corrected chi connectivity index (χ4v) is 5.44. The minimum atomic E-state index is -0.557. The van der Waals surface area contributed by atoms with E-state index in [1.54, 1.807) is 23.9 Å². The molecule has 1 aromatic heterocycles. The number of methoxy groups -OCH3 is 1. The summed E-state index contributed by atoms with van der Waals surface area (Å²) in [5.41, 5.74) is 5.59. The van der Waals surface area contributed by atoms with Crippen molar-refractivity contribution in [3.8, 4) is 11.4 Å². The summed E-state index contributed by atoms with van der Waals surface area (Å²) in [6, 6.07) is 22.0. The number of carbonyl (C=O) groups is 1. The van der Waals surface area contributed by atoms with Gasteiger partial charge < -0.3 is 15.2 Å². The highest BCUT2D eigenvalue weighted by atomic mass is 35.5. The van der Waals surface area contributed by atoms with Crippen LogP contribution in [0.5, 0.6) is 5.75 Å². The van der Waals surface area contributed by atoms with Gasteiger partial charge in [-0.3, -0.25) is 4.79 Å². The van der Waals surface area contributed by atoms with Crippen LogP contribution >= 0.6 is 23.2 Å². The molecule has 2 N–H and O–H groups in total. The van der Waals surface area contributed by atoms with Gasteiger partial charge in [-0.2, -0.15) is 5.10 Å². The molecule has 1 heterocycles. The fraction of sp³-hybridized carbons (Fsp3) is 0.226. The molecule has 5 rings (SSSR count). The molecular formula is C31H29Cl2N3O3. The number of halogens is 2. The Morgan fingerprint density at radius 2 is 1.82 bits per heavy atom. The molecule has 1 aliphatic rings. The lowest BCUT2D eigenvalue weighted by Crippen LogP contribution is -2.31. The summed E-state index contributed by atoms with van der Waals surface area (Å²) in [7, 11) is 1.64. The number of hydrogen-bond acceptors (Lipinski definition) is 4. The van der Waals surface area contributed by atoms with E-state index >= 15 is 0 Å². The predicted molar refractivity (Wildman–Crippen MR) is 156 cm³/mol. The lowest BCUT2D eigenvalue weighted by molar-refractivity contribution is 0.0909. The fourth-order valence-electron chi connectivity index (χ4n) is 4.95. The van der Waals surface area contributed by atoms with E-state index in [2.05, 4.69) is 11.4 Å². The molecule has 3 aromatic carbocycles. The van der Waals surface area contributed by atoms with E-state index in [0.717, 1.165) is 53.0 Å².